The first-order valence-electron chi connectivity index (χ1n) is 4.73. The molecular formula is C10H10Cl2N2O. The predicted octanol–water partition coefficient (Wildman–Crippen LogP) is 2.47. The first kappa shape index (κ1) is 10.7. The number of carbonyl (C=O) groups excluding carboxylic acids is 1. The zero-order valence-corrected chi connectivity index (χ0v) is 9.50. The summed E-state index contributed by atoms with van der Waals surface area (Å²) in [6.45, 7) is 0. The Labute approximate surface area is 98.0 Å². The minimum atomic E-state index is -0.117. The van der Waals surface area contributed by atoms with E-state index in [0.29, 0.717) is 11.0 Å². The number of nitrogens with zero attached hydrogens (tertiary/aromatic N) is 2. The normalized spacial score (nSPS) is 15.1. The Morgan fingerprint density at radius 2 is 2.27 bits per heavy atom. The molecule has 1 aliphatic rings. The molecule has 0 saturated heterocycles. The van der Waals surface area contributed by atoms with E-state index >= 15 is 0 Å². The van der Waals surface area contributed by atoms with Crippen LogP contribution in [0.2, 0.25) is 5.15 Å². The van der Waals surface area contributed by atoms with E-state index in [4.69, 9.17) is 23.2 Å². The van der Waals surface area contributed by atoms with Gasteiger partial charge in [0.1, 0.15) is 16.9 Å². The van der Waals surface area contributed by atoms with Crippen LogP contribution in [0.15, 0.2) is 18.2 Å². The van der Waals surface area contributed by atoms with Crippen LogP contribution in [0.25, 0.3) is 0 Å². The number of aromatic nitrogens is 1. The SMILES string of the molecule is O=C(CCl)N(c1cccc(Cl)n1)C1CC1. The van der Waals surface area contributed by atoms with Crippen molar-refractivity contribution >= 4 is 34.9 Å². The number of anilines is 1. The van der Waals surface area contributed by atoms with Crippen molar-refractivity contribution in [3.63, 3.8) is 0 Å². The lowest BCUT2D eigenvalue weighted by atomic mass is 10.4. The molecule has 0 N–H and O–H groups in total. The Bertz CT molecular complexity index is 379. The zero-order chi connectivity index (χ0) is 10.8. The average molecular weight is 245 g/mol. The van der Waals surface area contributed by atoms with Crippen molar-refractivity contribution in [1.82, 2.24) is 4.98 Å². The van der Waals surface area contributed by atoms with Gasteiger partial charge in [-0.25, -0.2) is 4.98 Å². The molecule has 0 unspecified atom stereocenters. The predicted molar refractivity (Wildman–Crippen MR) is 60.5 cm³/mol. The van der Waals surface area contributed by atoms with Crippen LogP contribution in [0.1, 0.15) is 12.8 Å². The van der Waals surface area contributed by atoms with Crippen LogP contribution in [0, 0.1) is 0 Å². The molecular weight excluding hydrogens is 235 g/mol. The largest absolute Gasteiger partial charge is 0.293 e. The molecule has 1 heterocycles. The van der Waals surface area contributed by atoms with Crippen molar-refractivity contribution in [2.75, 3.05) is 10.8 Å². The number of halogens is 2. The van der Waals surface area contributed by atoms with Crippen LogP contribution < -0.4 is 4.90 Å². The third-order valence-corrected chi connectivity index (χ3v) is 2.68. The second kappa shape index (κ2) is 4.37. The fourth-order valence-corrected chi connectivity index (χ4v) is 1.74. The number of alkyl halides is 1. The summed E-state index contributed by atoms with van der Waals surface area (Å²) in [5.74, 6) is 0.453. The van der Waals surface area contributed by atoms with Gasteiger partial charge in [0.2, 0.25) is 5.91 Å². The summed E-state index contributed by atoms with van der Waals surface area (Å²) in [5.41, 5.74) is 0. The van der Waals surface area contributed by atoms with Gasteiger partial charge < -0.3 is 0 Å². The molecule has 1 aliphatic carbocycles. The highest BCUT2D eigenvalue weighted by Crippen LogP contribution is 2.31. The fourth-order valence-electron chi connectivity index (χ4n) is 1.45. The highest BCUT2D eigenvalue weighted by molar-refractivity contribution is 6.30. The topological polar surface area (TPSA) is 33.2 Å². The van der Waals surface area contributed by atoms with Crippen LogP contribution >= 0.6 is 23.2 Å². The van der Waals surface area contributed by atoms with E-state index in [-0.39, 0.29) is 17.8 Å². The van der Waals surface area contributed by atoms with Gasteiger partial charge in [0.15, 0.2) is 0 Å². The standard InChI is InChI=1S/C10H10Cl2N2O/c11-6-10(15)14(7-4-5-7)9-3-1-2-8(12)13-9/h1-3,7H,4-6H2. The van der Waals surface area contributed by atoms with Gasteiger partial charge >= 0.3 is 0 Å². The maximum atomic E-state index is 11.6. The molecule has 0 spiro atoms. The lowest BCUT2D eigenvalue weighted by molar-refractivity contribution is -0.116. The molecule has 1 fully saturated rings. The summed E-state index contributed by atoms with van der Waals surface area (Å²) in [7, 11) is 0. The molecule has 0 radical (unpaired) electrons. The van der Waals surface area contributed by atoms with E-state index in [2.05, 4.69) is 4.98 Å². The van der Waals surface area contributed by atoms with Crippen molar-refractivity contribution in [3.8, 4) is 0 Å². The molecule has 1 amide bonds. The van der Waals surface area contributed by atoms with E-state index in [9.17, 15) is 4.79 Å². The molecule has 1 aromatic rings. The number of amides is 1. The quantitative estimate of drug-likeness (QED) is 0.605. The van der Waals surface area contributed by atoms with Crippen LogP contribution in [0.5, 0.6) is 0 Å². The van der Waals surface area contributed by atoms with Crippen LogP contribution in [0.4, 0.5) is 5.82 Å². The summed E-state index contributed by atoms with van der Waals surface area (Å²) in [5, 5.41) is 0.389. The Balaban J connectivity index is 2.27. The maximum absolute atomic E-state index is 11.6. The number of hydrogen-bond acceptors (Lipinski definition) is 2. The van der Waals surface area contributed by atoms with E-state index in [1.165, 1.54) is 0 Å². The third-order valence-electron chi connectivity index (χ3n) is 2.24. The van der Waals surface area contributed by atoms with Gasteiger partial charge in [0.25, 0.3) is 0 Å². The molecule has 3 nitrogen and oxygen atoms in total. The maximum Gasteiger partial charge on any atom is 0.243 e. The van der Waals surface area contributed by atoms with Gasteiger partial charge in [-0.15, -0.1) is 11.6 Å². The number of pyridine rings is 1. The molecule has 80 valence electrons. The Morgan fingerprint density at radius 1 is 1.53 bits per heavy atom. The summed E-state index contributed by atoms with van der Waals surface area (Å²) in [6, 6.07) is 5.49. The molecule has 0 bridgehead atoms. The molecule has 15 heavy (non-hydrogen) atoms. The first-order chi connectivity index (χ1) is 7.22. The third kappa shape index (κ3) is 2.41. The van der Waals surface area contributed by atoms with Gasteiger partial charge in [0, 0.05) is 6.04 Å². The Kier molecular flexibility index (Phi) is 3.12. The van der Waals surface area contributed by atoms with E-state index < -0.39 is 0 Å². The second-order valence-electron chi connectivity index (χ2n) is 3.45. The number of hydrogen-bond donors (Lipinski definition) is 0. The molecule has 5 heteroatoms. The first-order valence-corrected chi connectivity index (χ1v) is 5.64. The van der Waals surface area contributed by atoms with Gasteiger partial charge in [0.05, 0.1) is 0 Å². The average Bonchev–Trinajstić information content (AvgIpc) is 3.02. The van der Waals surface area contributed by atoms with Gasteiger partial charge in [-0.2, -0.15) is 0 Å². The number of rotatable bonds is 3. The number of carbonyl (C=O) groups is 1. The fraction of sp³-hybridized carbons (Fsp3) is 0.400. The summed E-state index contributed by atoms with van der Waals surface area (Å²) >= 11 is 11.3. The minimum absolute atomic E-state index is 0.0231. The highest BCUT2D eigenvalue weighted by atomic mass is 35.5. The summed E-state index contributed by atoms with van der Waals surface area (Å²) in [4.78, 5) is 17.4. The van der Waals surface area contributed by atoms with Crippen molar-refractivity contribution in [3.05, 3.63) is 23.4 Å². The van der Waals surface area contributed by atoms with Crippen molar-refractivity contribution in [1.29, 1.82) is 0 Å². The van der Waals surface area contributed by atoms with Crippen molar-refractivity contribution < 1.29 is 4.79 Å². The smallest absolute Gasteiger partial charge is 0.243 e. The highest BCUT2D eigenvalue weighted by Gasteiger charge is 2.34. The Hall–Kier alpha value is -0.800. The molecule has 0 aliphatic heterocycles. The monoisotopic (exact) mass is 244 g/mol. The lowest BCUT2D eigenvalue weighted by Crippen LogP contribution is -2.34. The van der Waals surface area contributed by atoms with Crippen LogP contribution in [-0.2, 0) is 4.79 Å². The van der Waals surface area contributed by atoms with Gasteiger partial charge in [-0.3, -0.25) is 9.69 Å². The van der Waals surface area contributed by atoms with E-state index in [0.717, 1.165) is 12.8 Å². The van der Waals surface area contributed by atoms with Gasteiger partial charge in [-0.1, -0.05) is 17.7 Å². The Morgan fingerprint density at radius 3 is 2.80 bits per heavy atom. The van der Waals surface area contributed by atoms with Crippen LogP contribution in [0.3, 0.4) is 0 Å². The van der Waals surface area contributed by atoms with E-state index in [1.54, 1.807) is 23.1 Å². The van der Waals surface area contributed by atoms with Crippen LogP contribution in [-0.4, -0.2) is 22.8 Å². The zero-order valence-electron chi connectivity index (χ0n) is 7.99. The molecule has 0 aromatic carbocycles. The van der Waals surface area contributed by atoms with E-state index in [1.807, 2.05) is 0 Å². The molecule has 2 rings (SSSR count). The second-order valence-corrected chi connectivity index (χ2v) is 4.10. The lowest BCUT2D eigenvalue weighted by Gasteiger charge is -2.20. The minimum Gasteiger partial charge on any atom is -0.293 e. The van der Waals surface area contributed by atoms with Gasteiger partial charge in [-0.05, 0) is 25.0 Å². The van der Waals surface area contributed by atoms with Crippen molar-refractivity contribution in [2.24, 2.45) is 0 Å². The molecule has 0 atom stereocenters. The molecule has 1 aromatic heterocycles. The molecule has 1 saturated carbocycles. The van der Waals surface area contributed by atoms with Crippen molar-refractivity contribution in [2.45, 2.75) is 18.9 Å². The summed E-state index contributed by atoms with van der Waals surface area (Å²) in [6.07, 6.45) is 2.02. The summed E-state index contributed by atoms with van der Waals surface area (Å²) < 4.78 is 0.